The van der Waals surface area contributed by atoms with E-state index in [1.807, 2.05) is 20.8 Å². The van der Waals surface area contributed by atoms with E-state index in [0.717, 1.165) is 19.3 Å². The highest BCUT2D eigenvalue weighted by atomic mass is 16.7. The van der Waals surface area contributed by atoms with Crippen molar-refractivity contribution in [3.05, 3.63) is 0 Å². The summed E-state index contributed by atoms with van der Waals surface area (Å²) in [5.74, 6) is -4.08. The number of carbonyl (C=O) groups excluding carboxylic acids is 4. The van der Waals surface area contributed by atoms with E-state index in [4.69, 9.17) is 28.4 Å². The molecule has 1 spiro atoms. The number of carbonyl (C=O) groups is 4. The van der Waals surface area contributed by atoms with E-state index >= 15 is 0 Å². The molecule has 0 amide bonds. The second-order valence-corrected chi connectivity index (χ2v) is 15.5. The molecule has 0 saturated carbocycles. The van der Waals surface area contributed by atoms with Crippen molar-refractivity contribution in [2.45, 2.75) is 154 Å². The minimum Gasteiger partial charge on any atom is -0.457 e. The first-order valence-corrected chi connectivity index (χ1v) is 17.6. The molecule has 0 radical (unpaired) electrons. The Labute approximate surface area is 274 Å². The Balaban J connectivity index is 1.46. The summed E-state index contributed by atoms with van der Waals surface area (Å²) in [4.78, 5) is 53.4. The highest BCUT2D eigenvalue weighted by Crippen LogP contribution is 2.54. The average molecular weight is 649 g/mol. The van der Waals surface area contributed by atoms with Gasteiger partial charge in [-0.3, -0.25) is 19.2 Å². The monoisotopic (exact) mass is 648 g/mol. The molecule has 5 aliphatic rings. The van der Waals surface area contributed by atoms with Gasteiger partial charge in [0.2, 0.25) is 0 Å². The van der Waals surface area contributed by atoms with E-state index in [2.05, 4.69) is 20.8 Å². The van der Waals surface area contributed by atoms with Gasteiger partial charge in [-0.25, -0.2) is 0 Å². The molecule has 7 bridgehead atoms. The van der Waals surface area contributed by atoms with E-state index in [-0.39, 0.29) is 60.3 Å². The number of methoxy groups -OCH3 is 1. The Kier molecular flexibility index (Phi) is 10.3. The Morgan fingerprint density at radius 1 is 0.870 bits per heavy atom. The van der Waals surface area contributed by atoms with Crippen molar-refractivity contribution in [2.75, 3.05) is 13.7 Å². The first-order valence-electron chi connectivity index (χ1n) is 17.6. The van der Waals surface area contributed by atoms with Crippen LogP contribution in [-0.2, 0) is 47.6 Å². The van der Waals surface area contributed by atoms with Gasteiger partial charge in [0.15, 0.2) is 17.4 Å². The minimum absolute atomic E-state index is 0.00425. The number of rotatable bonds is 2. The van der Waals surface area contributed by atoms with Crippen molar-refractivity contribution in [2.24, 2.45) is 35.5 Å². The fourth-order valence-corrected chi connectivity index (χ4v) is 9.20. The second kappa shape index (κ2) is 13.3. The number of fused-ring (bicyclic) bond motifs is 8. The van der Waals surface area contributed by atoms with Gasteiger partial charge < -0.3 is 28.4 Å². The number of esters is 1. The van der Waals surface area contributed by atoms with Crippen molar-refractivity contribution in [3.63, 3.8) is 0 Å². The molecule has 5 saturated heterocycles. The van der Waals surface area contributed by atoms with Crippen molar-refractivity contribution in [3.8, 4) is 0 Å². The molecule has 5 fully saturated rings. The number of hydrogen-bond acceptors (Lipinski definition) is 10. The second-order valence-electron chi connectivity index (χ2n) is 15.5. The van der Waals surface area contributed by atoms with Gasteiger partial charge in [-0.1, -0.05) is 41.5 Å². The smallest absolute Gasteiger partial charge is 0.311 e. The van der Waals surface area contributed by atoms with Crippen LogP contribution in [0.2, 0.25) is 0 Å². The molecule has 260 valence electrons. The lowest BCUT2D eigenvalue weighted by Crippen LogP contribution is -2.55. The zero-order valence-electron chi connectivity index (χ0n) is 29.3. The van der Waals surface area contributed by atoms with Crippen LogP contribution in [0.15, 0.2) is 0 Å². The van der Waals surface area contributed by atoms with Crippen LogP contribution in [0.5, 0.6) is 0 Å². The van der Waals surface area contributed by atoms with Crippen LogP contribution in [0.3, 0.4) is 0 Å². The summed E-state index contributed by atoms with van der Waals surface area (Å²) in [6.07, 6.45) is 2.41. The van der Waals surface area contributed by atoms with Gasteiger partial charge in [-0.05, 0) is 58.3 Å². The summed E-state index contributed by atoms with van der Waals surface area (Å²) < 4.78 is 38.5. The summed E-state index contributed by atoms with van der Waals surface area (Å²) in [6.45, 7) is 15.0. The molecule has 5 rings (SSSR count). The van der Waals surface area contributed by atoms with Crippen LogP contribution in [0.25, 0.3) is 0 Å². The van der Waals surface area contributed by atoms with Crippen LogP contribution >= 0.6 is 0 Å². The molecule has 10 heteroatoms. The predicted molar refractivity (Wildman–Crippen MR) is 168 cm³/mol. The van der Waals surface area contributed by atoms with Gasteiger partial charge in [0, 0.05) is 37.2 Å². The molecule has 5 heterocycles. The highest BCUT2D eigenvalue weighted by Gasteiger charge is 2.61. The van der Waals surface area contributed by atoms with Gasteiger partial charge in [0.05, 0.1) is 48.0 Å². The fourth-order valence-electron chi connectivity index (χ4n) is 9.20. The van der Waals surface area contributed by atoms with E-state index in [1.54, 1.807) is 13.8 Å². The Morgan fingerprint density at radius 2 is 1.59 bits per heavy atom. The molecule has 0 aromatic rings. The van der Waals surface area contributed by atoms with Gasteiger partial charge >= 0.3 is 5.97 Å². The first kappa shape index (κ1) is 35.6. The summed E-state index contributed by atoms with van der Waals surface area (Å²) in [7, 11) is 1.53. The lowest BCUT2D eigenvalue weighted by Gasteiger charge is -2.46. The van der Waals surface area contributed by atoms with Crippen LogP contribution in [0.1, 0.15) is 107 Å². The Bertz CT molecular complexity index is 1190. The van der Waals surface area contributed by atoms with Gasteiger partial charge in [-0.2, -0.15) is 0 Å². The maximum absolute atomic E-state index is 13.6. The number of ether oxygens (including phenoxy) is 6. The van der Waals surface area contributed by atoms with Gasteiger partial charge in [0.25, 0.3) is 0 Å². The van der Waals surface area contributed by atoms with Crippen LogP contribution in [-0.4, -0.2) is 84.5 Å². The molecule has 0 aliphatic carbocycles. The maximum Gasteiger partial charge on any atom is 0.311 e. The van der Waals surface area contributed by atoms with Crippen molar-refractivity contribution in [1.82, 2.24) is 0 Å². The molecule has 14 unspecified atom stereocenters. The minimum atomic E-state index is -1.09. The molecular weight excluding hydrogens is 592 g/mol. The highest BCUT2D eigenvalue weighted by molar-refractivity contribution is 5.88. The van der Waals surface area contributed by atoms with Gasteiger partial charge in [0.1, 0.15) is 18.5 Å². The zero-order valence-corrected chi connectivity index (χ0v) is 29.3. The Morgan fingerprint density at radius 3 is 2.26 bits per heavy atom. The van der Waals surface area contributed by atoms with E-state index in [9.17, 15) is 19.2 Å². The van der Waals surface area contributed by atoms with Crippen molar-refractivity contribution in [1.29, 1.82) is 0 Å². The van der Waals surface area contributed by atoms with E-state index < -0.39 is 59.0 Å². The summed E-state index contributed by atoms with van der Waals surface area (Å²) in [6, 6.07) is 0. The van der Waals surface area contributed by atoms with Crippen molar-refractivity contribution < 1.29 is 47.6 Å². The third kappa shape index (κ3) is 6.38. The largest absolute Gasteiger partial charge is 0.457 e. The summed E-state index contributed by atoms with van der Waals surface area (Å²) in [5.41, 5.74) is -1.22. The molecule has 46 heavy (non-hydrogen) atoms. The number of Topliss-reactive ketones (excluding diaryl/α,β-unsaturated/α-hetero) is 3. The lowest BCUT2D eigenvalue weighted by atomic mass is 9.79. The van der Waals surface area contributed by atoms with E-state index in [1.165, 1.54) is 7.11 Å². The number of ketones is 3. The fraction of sp³-hybridized carbons (Fsp3) is 0.889. The standard InChI is InChI=1S/C36H56O10/c1-10-35-12-11-28(44-35)34(8)13-14-36(46-34)17-25(37)22(5)31(45-36)23(6)30(41-9)24(7)33(40)42-18-26(38)19(2)15-20(3)29(39)27-16-21(4)32(35)43-27/h19-24,27-28,30-32H,10-18H2,1-9H3. The quantitative estimate of drug-likeness (QED) is 0.298. The number of hydrogen-bond donors (Lipinski definition) is 0. The molecule has 0 N–H and O–H groups in total. The normalized spacial score (nSPS) is 49.4. The molecule has 5 aliphatic heterocycles. The molecular formula is C36H56O10. The van der Waals surface area contributed by atoms with Gasteiger partial charge in [-0.15, -0.1) is 0 Å². The topological polar surface area (TPSA) is 124 Å². The molecule has 0 aromatic carbocycles. The third-order valence-corrected chi connectivity index (χ3v) is 12.2. The first-order chi connectivity index (χ1) is 21.6. The maximum atomic E-state index is 13.6. The number of cyclic esters (lactones) is 1. The lowest BCUT2D eigenvalue weighted by molar-refractivity contribution is -0.311. The van der Waals surface area contributed by atoms with Crippen LogP contribution in [0.4, 0.5) is 0 Å². The van der Waals surface area contributed by atoms with Crippen LogP contribution in [0, 0.1) is 35.5 Å². The molecule has 14 atom stereocenters. The SMILES string of the molecule is CCC12CCC(O1)C1(C)CCC3(CC(=O)C(C)C(O3)C(C)C(OC)C(C)C(=O)OCC(=O)C(C)CC(C)C(=O)C3CC(C)C2O3)O1. The Hall–Kier alpha value is -1.72. The molecule has 0 aromatic heterocycles. The third-order valence-electron chi connectivity index (χ3n) is 12.2. The van der Waals surface area contributed by atoms with E-state index in [0.29, 0.717) is 25.7 Å². The summed E-state index contributed by atoms with van der Waals surface area (Å²) >= 11 is 0. The van der Waals surface area contributed by atoms with Crippen molar-refractivity contribution >= 4 is 23.3 Å². The zero-order chi connectivity index (χ0) is 33.8. The molecule has 10 nitrogen and oxygen atoms in total. The summed E-state index contributed by atoms with van der Waals surface area (Å²) in [5, 5.41) is 0. The average Bonchev–Trinajstić information content (AvgIpc) is 3.73. The predicted octanol–water partition coefficient (Wildman–Crippen LogP) is 5.01. The van der Waals surface area contributed by atoms with Crippen LogP contribution < -0.4 is 0 Å².